The van der Waals surface area contributed by atoms with E-state index in [1.54, 1.807) is 19.2 Å². The van der Waals surface area contributed by atoms with E-state index in [9.17, 15) is 4.79 Å². The van der Waals surface area contributed by atoms with Crippen LogP contribution in [0, 0.1) is 0 Å². The van der Waals surface area contributed by atoms with E-state index >= 15 is 0 Å². The molecule has 0 radical (unpaired) electrons. The second-order valence-corrected chi connectivity index (χ2v) is 2.32. The summed E-state index contributed by atoms with van der Waals surface area (Å²) in [5.74, 6) is -0.415. The van der Waals surface area contributed by atoms with Crippen molar-refractivity contribution in [2.75, 3.05) is 6.61 Å². The molecule has 12 heavy (non-hydrogen) atoms. The van der Waals surface area contributed by atoms with Crippen molar-refractivity contribution in [1.82, 2.24) is 9.78 Å². The van der Waals surface area contributed by atoms with E-state index in [4.69, 9.17) is 16.3 Å². The minimum absolute atomic E-state index is 0.236. The number of esters is 1. The van der Waals surface area contributed by atoms with Crippen LogP contribution in [0.3, 0.4) is 0 Å². The molecule has 1 aromatic rings. The monoisotopic (exact) mass is 188 g/mol. The first-order valence-corrected chi connectivity index (χ1v) is 4.08. The van der Waals surface area contributed by atoms with Crippen molar-refractivity contribution in [1.29, 1.82) is 0 Å². The molecule has 1 aromatic heterocycles. The maximum absolute atomic E-state index is 11.0. The van der Waals surface area contributed by atoms with Gasteiger partial charge < -0.3 is 4.74 Å². The number of alkyl halides is 1. The van der Waals surface area contributed by atoms with Crippen LogP contribution in [0.4, 0.5) is 0 Å². The topological polar surface area (TPSA) is 44.1 Å². The standard InChI is InChI=1S/C7H9ClN2O2/c1-2-12-7(11)6-3-4-10(5-8)9-6/h3-4H,2,5H2,1H3. The predicted octanol–water partition coefficient (Wildman–Crippen LogP) is 1.26. The summed E-state index contributed by atoms with van der Waals surface area (Å²) in [5, 5.41) is 3.86. The van der Waals surface area contributed by atoms with Crippen LogP contribution in [-0.4, -0.2) is 22.4 Å². The lowest BCUT2D eigenvalue weighted by Gasteiger charge is -1.96. The van der Waals surface area contributed by atoms with Crippen LogP contribution < -0.4 is 0 Å². The Hall–Kier alpha value is -1.03. The average molecular weight is 189 g/mol. The summed E-state index contributed by atoms with van der Waals surface area (Å²) in [4.78, 5) is 11.0. The van der Waals surface area contributed by atoms with E-state index in [1.165, 1.54) is 4.68 Å². The molecule has 0 amide bonds. The molecule has 1 heterocycles. The number of aromatic nitrogens is 2. The van der Waals surface area contributed by atoms with Gasteiger partial charge in [-0.25, -0.2) is 4.79 Å². The summed E-state index contributed by atoms with van der Waals surface area (Å²) in [6.07, 6.45) is 1.62. The number of hydrogen-bond donors (Lipinski definition) is 0. The van der Waals surface area contributed by atoms with Gasteiger partial charge in [-0.15, -0.1) is 11.6 Å². The third-order valence-electron chi connectivity index (χ3n) is 1.25. The van der Waals surface area contributed by atoms with Crippen LogP contribution in [0.15, 0.2) is 12.3 Å². The van der Waals surface area contributed by atoms with Crippen LogP contribution in [-0.2, 0) is 10.7 Å². The Bertz CT molecular complexity index is 272. The summed E-state index contributed by atoms with van der Waals surface area (Å²) in [6, 6.07) is 1.81. The minimum Gasteiger partial charge on any atom is -0.461 e. The van der Waals surface area contributed by atoms with E-state index in [1.807, 2.05) is 0 Å². The van der Waals surface area contributed by atoms with Gasteiger partial charge in [-0.3, -0.25) is 4.68 Å². The molecule has 0 saturated carbocycles. The first kappa shape index (κ1) is 9.06. The van der Waals surface area contributed by atoms with Gasteiger partial charge in [0.05, 0.1) is 6.61 Å². The van der Waals surface area contributed by atoms with E-state index < -0.39 is 5.97 Å². The number of rotatable bonds is 3. The highest BCUT2D eigenvalue weighted by atomic mass is 35.5. The highest BCUT2D eigenvalue weighted by molar-refractivity contribution is 6.15. The minimum atomic E-state index is -0.415. The van der Waals surface area contributed by atoms with Crippen molar-refractivity contribution in [2.45, 2.75) is 12.9 Å². The number of carbonyl (C=O) groups is 1. The first-order valence-electron chi connectivity index (χ1n) is 3.54. The second kappa shape index (κ2) is 4.11. The van der Waals surface area contributed by atoms with Gasteiger partial charge in [-0.05, 0) is 13.0 Å². The molecule has 5 heteroatoms. The van der Waals surface area contributed by atoms with Crippen molar-refractivity contribution in [2.24, 2.45) is 0 Å². The number of ether oxygens (including phenoxy) is 1. The Morgan fingerprint density at radius 2 is 2.58 bits per heavy atom. The zero-order chi connectivity index (χ0) is 8.97. The van der Waals surface area contributed by atoms with Gasteiger partial charge in [0, 0.05) is 6.20 Å². The first-order chi connectivity index (χ1) is 5.77. The third kappa shape index (κ3) is 1.98. The van der Waals surface area contributed by atoms with E-state index in [2.05, 4.69) is 5.10 Å². The molecule has 4 nitrogen and oxygen atoms in total. The van der Waals surface area contributed by atoms with Crippen molar-refractivity contribution in [3.8, 4) is 0 Å². The predicted molar refractivity (Wildman–Crippen MR) is 44.0 cm³/mol. The zero-order valence-corrected chi connectivity index (χ0v) is 7.41. The van der Waals surface area contributed by atoms with Crippen molar-refractivity contribution < 1.29 is 9.53 Å². The highest BCUT2D eigenvalue weighted by Gasteiger charge is 2.08. The molecule has 0 N–H and O–H groups in total. The lowest BCUT2D eigenvalue weighted by molar-refractivity contribution is 0.0518. The smallest absolute Gasteiger partial charge is 0.358 e. The Balaban J connectivity index is 2.68. The quantitative estimate of drug-likeness (QED) is 0.530. The zero-order valence-electron chi connectivity index (χ0n) is 6.66. The van der Waals surface area contributed by atoms with Gasteiger partial charge in [-0.1, -0.05) is 0 Å². The molecule has 0 bridgehead atoms. The summed E-state index contributed by atoms with van der Waals surface area (Å²) < 4.78 is 6.18. The molecule has 0 aliphatic heterocycles. The fourth-order valence-corrected chi connectivity index (χ4v) is 0.875. The van der Waals surface area contributed by atoms with Gasteiger partial charge in [0.2, 0.25) is 0 Å². The summed E-state index contributed by atoms with van der Waals surface area (Å²) in [7, 11) is 0. The van der Waals surface area contributed by atoms with E-state index in [0.29, 0.717) is 6.61 Å². The van der Waals surface area contributed by atoms with Gasteiger partial charge in [0.25, 0.3) is 0 Å². The Morgan fingerprint density at radius 3 is 3.08 bits per heavy atom. The molecule has 0 saturated heterocycles. The molecule has 0 aromatic carbocycles. The molecule has 0 unspecified atom stereocenters. The van der Waals surface area contributed by atoms with E-state index in [0.717, 1.165) is 0 Å². The Labute approximate surface area is 75.1 Å². The molecule has 0 atom stereocenters. The lowest BCUT2D eigenvalue weighted by Crippen LogP contribution is -2.06. The summed E-state index contributed by atoms with van der Waals surface area (Å²) >= 11 is 5.47. The van der Waals surface area contributed by atoms with Gasteiger partial charge in [-0.2, -0.15) is 5.10 Å². The number of halogens is 1. The molecular weight excluding hydrogens is 180 g/mol. The summed E-state index contributed by atoms with van der Waals surface area (Å²) in [6.45, 7) is 2.10. The van der Waals surface area contributed by atoms with Crippen molar-refractivity contribution in [3.05, 3.63) is 18.0 Å². The molecule has 0 aliphatic carbocycles. The number of carbonyl (C=O) groups excluding carboxylic acids is 1. The Morgan fingerprint density at radius 1 is 1.83 bits per heavy atom. The number of nitrogens with zero attached hydrogens (tertiary/aromatic N) is 2. The SMILES string of the molecule is CCOC(=O)c1ccn(CCl)n1. The van der Waals surface area contributed by atoms with Crippen LogP contribution >= 0.6 is 11.6 Å². The maximum Gasteiger partial charge on any atom is 0.358 e. The highest BCUT2D eigenvalue weighted by Crippen LogP contribution is 1.99. The Kier molecular flexibility index (Phi) is 3.10. The fourth-order valence-electron chi connectivity index (χ4n) is 0.742. The van der Waals surface area contributed by atoms with Gasteiger partial charge in [0.1, 0.15) is 6.00 Å². The molecule has 0 fully saturated rings. The normalized spacial score (nSPS) is 9.83. The molecule has 0 spiro atoms. The van der Waals surface area contributed by atoms with Crippen molar-refractivity contribution >= 4 is 17.6 Å². The fraction of sp³-hybridized carbons (Fsp3) is 0.429. The molecule has 66 valence electrons. The van der Waals surface area contributed by atoms with E-state index in [-0.39, 0.29) is 11.7 Å². The molecule has 1 rings (SSSR count). The van der Waals surface area contributed by atoms with Crippen LogP contribution in [0.2, 0.25) is 0 Å². The van der Waals surface area contributed by atoms with Crippen molar-refractivity contribution in [3.63, 3.8) is 0 Å². The maximum atomic E-state index is 11.0. The number of hydrogen-bond acceptors (Lipinski definition) is 3. The van der Waals surface area contributed by atoms with Crippen LogP contribution in [0.1, 0.15) is 17.4 Å². The van der Waals surface area contributed by atoms with Gasteiger partial charge in [0.15, 0.2) is 5.69 Å². The average Bonchev–Trinajstić information content (AvgIpc) is 2.52. The molecular formula is C7H9ClN2O2. The van der Waals surface area contributed by atoms with Crippen LogP contribution in [0.25, 0.3) is 0 Å². The molecule has 0 aliphatic rings. The largest absolute Gasteiger partial charge is 0.461 e. The van der Waals surface area contributed by atoms with Gasteiger partial charge >= 0.3 is 5.97 Å². The lowest BCUT2D eigenvalue weighted by atomic mass is 10.4. The third-order valence-corrected chi connectivity index (χ3v) is 1.49. The van der Waals surface area contributed by atoms with Crippen LogP contribution in [0.5, 0.6) is 0 Å². The summed E-state index contributed by atoms with van der Waals surface area (Å²) in [5.41, 5.74) is 0.289. The second-order valence-electron chi connectivity index (χ2n) is 2.08.